The summed E-state index contributed by atoms with van der Waals surface area (Å²) in [7, 11) is 1.85. The molecule has 0 aliphatic heterocycles. The number of hydrogen-bond acceptors (Lipinski definition) is 1. The number of fused-ring (bicyclic) bond motifs is 1. The number of carbonyl (C=O) groups is 1. The highest BCUT2D eigenvalue weighted by molar-refractivity contribution is 6.31. The van der Waals surface area contributed by atoms with Crippen molar-refractivity contribution in [1.82, 2.24) is 4.57 Å². The lowest BCUT2D eigenvalue weighted by molar-refractivity contribution is 0.101. The third kappa shape index (κ3) is 2.70. The number of rotatable bonds is 2. The lowest BCUT2D eigenvalue weighted by atomic mass is 10.2. The number of halogens is 2. The minimum Gasteiger partial charge on any atom is -0.340 e. The van der Waals surface area contributed by atoms with E-state index in [1.807, 2.05) is 48.9 Å². The van der Waals surface area contributed by atoms with E-state index in [-0.39, 0.29) is 5.91 Å². The zero-order valence-corrected chi connectivity index (χ0v) is 13.7. The van der Waals surface area contributed by atoms with E-state index in [0.29, 0.717) is 15.7 Å². The number of benzene rings is 2. The summed E-state index contributed by atoms with van der Waals surface area (Å²) < 4.78 is 1.84. The summed E-state index contributed by atoms with van der Waals surface area (Å²) in [5, 5.41) is 5.19. The first-order valence-electron chi connectivity index (χ1n) is 6.78. The Hall–Kier alpha value is -1.97. The fourth-order valence-electron chi connectivity index (χ4n) is 2.47. The molecule has 0 saturated carbocycles. The third-order valence-corrected chi connectivity index (χ3v) is 4.15. The van der Waals surface area contributed by atoms with Crippen molar-refractivity contribution in [2.45, 2.75) is 6.92 Å². The topological polar surface area (TPSA) is 34.0 Å². The molecule has 1 heterocycles. The van der Waals surface area contributed by atoms with E-state index in [4.69, 9.17) is 23.2 Å². The van der Waals surface area contributed by atoms with Crippen LogP contribution in [0, 0.1) is 6.92 Å². The number of anilines is 1. The van der Waals surface area contributed by atoms with Crippen LogP contribution in [-0.4, -0.2) is 10.5 Å². The highest BCUT2D eigenvalue weighted by Gasteiger charge is 2.14. The monoisotopic (exact) mass is 332 g/mol. The normalized spacial score (nSPS) is 10.9. The molecule has 0 bridgehead atoms. The minimum absolute atomic E-state index is 0.166. The molecule has 0 saturated heterocycles. The molecule has 22 heavy (non-hydrogen) atoms. The lowest BCUT2D eigenvalue weighted by Crippen LogP contribution is -2.16. The van der Waals surface area contributed by atoms with Gasteiger partial charge in [-0.15, -0.1) is 0 Å². The van der Waals surface area contributed by atoms with Gasteiger partial charge in [0.1, 0.15) is 5.69 Å². The number of amides is 1. The van der Waals surface area contributed by atoms with E-state index in [1.54, 1.807) is 12.1 Å². The molecule has 1 amide bonds. The molecule has 3 rings (SSSR count). The second kappa shape index (κ2) is 5.67. The first kappa shape index (κ1) is 14.9. The van der Waals surface area contributed by atoms with Crippen molar-refractivity contribution in [1.29, 1.82) is 0 Å². The van der Waals surface area contributed by atoms with Crippen LogP contribution in [0.3, 0.4) is 0 Å². The van der Waals surface area contributed by atoms with Gasteiger partial charge in [0.25, 0.3) is 5.91 Å². The van der Waals surface area contributed by atoms with Gasteiger partial charge >= 0.3 is 0 Å². The second-order valence-corrected chi connectivity index (χ2v) is 6.08. The predicted molar refractivity (Wildman–Crippen MR) is 92.1 cm³/mol. The van der Waals surface area contributed by atoms with Crippen molar-refractivity contribution < 1.29 is 4.79 Å². The molecule has 0 atom stereocenters. The van der Waals surface area contributed by atoms with Crippen molar-refractivity contribution in [3.05, 3.63) is 63.8 Å². The summed E-state index contributed by atoms with van der Waals surface area (Å²) in [5.74, 6) is -0.166. The van der Waals surface area contributed by atoms with Gasteiger partial charge in [-0.1, -0.05) is 29.3 Å². The molecule has 0 aliphatic rings. The Morgan fingerprint density at radius 1 is 1.05 bits per heavy atom. The summed E-state index contributed by atoms with van der Waals surface area (Å²) in [6.07, 6.45) is 0. The molecule has 2 aromatic carbocycles. The fourth-order valence-corrected chi connectivity index (χ4v) is 2.87. The van der Waals surface area contributed by atoms with Gasteiger partial charge in [0.2, 0.25) is 0 Å². The van der Waals surface area contributed by atoms with Crippen LogP contribution >= 0.6 is 23.2 Å². The largest absolute Gasteiger partial charge is 0.340 e. The molecular formula is C17H14Cl2N2O. The van der Waals surface area contributed by atoms with Crippen LogP contribution in [0.15, 0.2) is 42.5 Å². The van der Waals surface area contributed by atoms with Gasteiger partial charge in [0.05, 0.1) is 0 Å². The smallest absolute Gasteiger partial charge is 0.272 e. The van der Waals surface area contributed by atoms with E-state index in [2.05, 4.69) is 5.32 Å². The minimum atomic E-state index is -0.166. The van der Waals surface area contributed by atoms with Gasteiger partial charge in [-0.2, -0.15) is 0 Å². The van der Waals surface area contributed by atoms with Crippen LogP contribution < -0.4 is 5.32 Å². The maximum Gasteiger partial charge on any atom is 0.272 e. The molecule has 1 N–H and O–H groups in total. The molecule has 3 aromatic rings. The summed E-state index contributed by atoms with van der Waals surface area (Å²) in [5.41, 5.74) is 3.16. The lowest BCUT2D eigenvalue weighted by Gasteiger charge is -2.09. The Bertz CT molecular complexity index is 884. The number of aromatic nitrogens is 1. The average molecular weight is 333 g/mol. The number of nitrogens with zero attached hydrogens (tertiary/aromatic N) is 1. The van der Waals surface area contributed by atoms with Gasteiger partial charge in [-0.05, 0) is 48.9 Å². The molecule has 0 spiro atoms. The second-order valence-electron chi connectivity index (χ2n) is 5.21. The number of hydrogen-bond donors (Lipinski definition) is 1. The summed E-state index contributed by atoms with van der Waals surface area (Å²) >= 11 is 12.0. The van der Waals surface area contributed by atoms with E-state index in [0.717, 1.165) is 22.2 Å². The maximum absolute atomic E-state index is 12.5. The van der Waals surface area contributed by atoms with Crippen molar-refractivity contribution in [3.8, 4) is 0 Å². The Labute approximate surface area is 138 Å². The Morgan fingerprint density at radius 2 is 1.73 bits per heavy atom. The first-order chi connectivity index (χ1) is 10.5. The molecule has 0 fully saturated rings. The van der Waals surface area contributed by atoms with E-state index < -0.39 is 0 Å². The van der Waals surface area contributed by atoms with Crippen LogP contribution in [0.5, 0.6) is 0 Å². The summed E-state index contributed by atoms with van der Waals surface area (Å²) in [6, 6.07) is 12.8. The van der Waals surface area contributed by atoms with Crippen LogP contribution in [-0.2, 0) is 7.05 Å². The highest BCUT2D eigenvalue weighted by Crippen LogP contribution is 2.24. The Balaban J connectivity index is 1.97. The van der Waals surface area contributed by atoms with Gasteiger partial charge in [0, 0.05) is 33.7 Å². The van der Waals surface area contributed by atoms with Crippen molar-refractivity contribution >= 4 is 45.7 Å². The van der Waals surface area contributed by atoms with E-state index >= 15 is 0 Å². The molecule has 0 aliphatic carbocycles. The zero-order valence-electron chi connectivity index (χ0n) is 12.2. The summed E-state index contributed by atoms with van der Waals surface area (Å²) in [6.45, 7) is 1.91. The fraction of sp³-hybridized carbons (Fsp3) is 0.118. The predicted octanol–water partition coefficient (Wildman–Crippen LogP) is 5.05. The van der Waals surface area contributed by atoms with Crippen LogP contribution in [0.4, 0.5) is 5.69 Å². The first-order valence-corrected chi connectivity index (χ1v) is 7.54. The van der Waals surface area contributed by atoms with E-state index in [1.165, 1.54) is 0 Å². The maximum atomic E-state index is 12.5. The SMILES string of the molecule is Cc1cc(Cl)ccc1NC(=O)c1cc2ccc(Cl)cc2n1C. The van der Waals surface area contributed by atoms with Gasteiger partial charge in [-0.25, -0.2) is 0 Å². The standard InChI is InChI=1S/C17H14Cl2N2O/c1-10-7-12(18)5-6-14(10)20-17(22)16-8-11-3-4-13(19)9-15(11)21(16)2/h3-9H,1-2H3,(H,20,22). The molecule has 112 valence electrons. The quantitative estimate of drug-likeness (QED) is 0.700. The molecule has 1 aromatic heterocycles. The number of nitrogens with one attached hydrogen (secondary N) is 1. The summed E-state index contributed by atoms with van der Waals surface area (Å²) in [4.78, 5) is 12.5. The van der Waals surface area contributed by atoms with Gasteiger partial charge in [-0.3, -0.25) is 4.79 Å². The van der Waals surface area contributed by atoms with Gasteiger partial charge in [0.15, 0.2) is 0 Å². The van der Waals surface area contributed by atoms with Gasteiger partial charge < -0.3 is 9.88 Å². The van der Waals surface area contributed by atoms with Crippen LogP contribution in [0.25, 0.3) is 10.9 Å². The van der Waals surface area contributed by atoms with E-state index in [9.17, 15) is 4.79 Å². The highest BCUT2D eigenvalue weighted by atomic mass is 35.5. The average Bonchev–Trinajstić information content (AvgIpc) is 2.79. The van der Waals surface area contributed by atoms with Crippen LogP contribution in [0.1, 0.15) is 16.1 Å². The van der Waals surface area contributed by atoms with Crippen molar-refractivity contribution in [2.75, 3.05) is 5.32 Å². The Kier molecular flexibility index (Phi) is 3.85. The third-order valence-electron chi connectivity index (χ3n) is 3.68. The van der Waals surface area contributed by atoms with Crippen molar-refractivity contribution in [3.63, 3.8) is 0 Å². The number of aryl methyl sites for hydroxylation is 2. The molecular weight excluding hydrogens is 319 g/mol. The number of carbonyl (C=O) groups excluding carboxylic acids is 1. The molecule has 3 nitrogen and oxygen atoms in total. The van der Waals surface area contributed by atoms with Crippen LogP contribution in [0.2, 0.25) is 10.0 Å². The molecule has 0 unspecified atom stereocenters. The van der Waals surface area contributed by atoms with Crippen molar-refractivity contribution in [2.24, 2.45) is 7.05 Å². The molecule has 0 radical (unpaired) electrons. The zero-order chi connectivity index (χ0) is 15.9. The Morgan fingerprint density at radius 3 is 2.45 bits per heavy atom. The molecule has 5 heteroatoms.